The van der Waals surface area contributed by atoms with Crippen molar-refractivity contribution in [2.24, 2.45) is 0 Å². The second kappa shape index (κ2) is 2.17. The van der Waals surface area contributed by atoms with Gasteiger partial charge in [0.1, 0.15) is 0 Å². The van der Waals surface area contributed by atoms with Crippen LogP contribution >= 0.6 is 0 Å². The first-order valence-electron chi connectivity index (χ1n) is 3.00. The molecule has 0 radical (unpaired) electrons. The summed E-state index contributed by atoms with van der Waals surface area (Å²) in [5.74, 6) is 0. The molecule has 1 aromatic rings. The Morgan fingerprint density at radius 1 is 1.40 bits per heavy atom. The number of aryl methyl sites for hydroxylation is 2. The molecule has 0 saturated carbocycles. The van der Waals surface area contributed by atoms with Gasteiger partial charge in [-0.3, -0.25) is 4.57 Å². The number of carboxylic acid groups (broad SMARTS) is 1. The Morgan fingerprint density at radius 3 is 2.00 bits per heavy atom. The molecule has 0 saturated heterocycles. The molecule has 3 heteroatoms. The van der Waals surface area contributed by atoms with Crippen molar-refractivity contribution in [3.8, 4) is 0 Å². The summed E-state index contributed by atoms with van der Waals surface area (Å²) in [5.41, 5.74) is 2.00. The quantitative estimate of drug-likeness (QED) is 0.593. The predicted molar refractivity (Wildman–Crippen MR) is 37.3 cm³/mol. The third-order valence-corrected chi connectivity index (χ3v) is 1.51. The number of carbonyl (C=O) groups is 1. The summed E-state index contributed by atoms with van der Waals surface area (Å²) in [6.45, 7) is 3.77. The van der Waals surface area contributed by atoms with Crippen molar-refractivity contribution in [1.82, 2.24) is 4.57 Å². The van der Waals surface area contributed by atoms with E-state index in [1.807, 2.05) is 13.8 Å². The van der Waals surface area contributed by atoms with Gasteiger partial charge in [-0.2, -0.15) is 0 Å². The Labute approximate surface area is 58.9 Å². The SMILES string of the molecule is Cc1cn(C(=O)O)cc1C. The van der Waals surface area contributed by atoms with Gasteiger partial charge >= 0.3 is 6.09 Å². The van der Waals surface area contributed by atoms with Crippen molar-refractivity contribution in [3.05, 3.63) is 23.5 Å². The maximum atomic E-state index is 10.3. The largest absolute Gasteiger partial charge is 0.464 e. The van der Waals surface area contributed by atoms with Gasteiger partial charge in [0, 0.05) is 12.4 Å². The van der Waals surface area contributed by atoms with Gasteiger partial charge in [0.05, 0.1) is 0 Å². The lowest BCUT2D eigenvalue weighted by atomic mass is 10.2. The van der Waals surface area contributed by atoms with Crippen LogP contribution in [0.5, 0.6) is 0 Å². The van der Waals surface area contributed by atoms with E-state index in [0.717, 1.165) is 15.7 Å². The fourth-order valence-electron chi connectivity index (χ4n) is 0.769. The molecule has 1 heterocycles. The molecule has 54 valence electrons. The zero-order valence-electron chi connectivity index (χ0n) is 5.96. The highest BCUT2D eigenvalue weighted by molar-refractivity contribution is 5.68. The van der Waals surface area contributed by atoms with Crippen LogP contribution in [0.2, 0.25) is 0 Å². The average molecular weight is 139 g/mol. The minimum Gasteiger partial charge on any atom is -0.464 e. The molecule has 0 fully saturated rings. The smallest absolute Gasteiger partial charge is 0.415 e. The first kappa shape index (κ1) is 6.86. The third kappa shape index (κ3) is 1.03. The van der Waals surface area contributed by atoms with E-state index in [1.165, 1.54) is 0 Å². The summed E-state index contributed by atoms with van der Waals surface area (Å²) in [5, 5.41) is 8.49. The molecule has 1 rings (SSSR count). The van der Waals surface area contributed by atoms with Crippen molar-refractivity contribution >= 4 is 6.09 Å². The highest BCUT2D eigenvalue weighted by atomic mass is 16.4. The lowest BCUT2D eigenvalue weighted by Gasteiger charge is -1.88. The van der Waals surface area contributed by atoms with Gasteiger partial charge in [-0.15, -0.1) is 0 Å². The zero-order chi connectivity index (χ0) is 7.72. The molecule has 1 aromatic heterocycles. The Bertz CT molecular complexity index is 243. The molecule has 0 aliphatic rings. The number of nitrogens with zero attached hydrogens (tertiary/aromatic N) is 1. The van der Waals surface area contributed by atoms with E-state index in [4.69, 9.17) is 5.11 Å². The molecule has 0 bridgehead atoms. The van der Waals surface area contributed by atoms with Crippen LogP contribution in [0.3, 0.4) is 0 Å². The van der Waals surface area contributed by atoms with Crippen LogP contribution in [0.1, 0.15) is 11.1 Å². The van der Waals surface area contributed by atoms with Crippen LogP contribution in [0.4, 0.5) is 4.79 Å². The predicted octanol–water partition coefficient (Wildman–Crippen LogP) is 1.63. The van der Waals surface area contributed by atoms with Gasteiger partial charge in [0.25, 0.3) is 0 Å². The van der Waals surface area contributed by atoms with Crippen LogP contribution in [0, 0.1) is 13.8 Å². The molecule has 0 spiro atoms. The highest BCUT2D eigenvalue weighted by Gasteiger charge is 2.01. The van der Waals surface area contributed by atoms with E-state index in [9.17, 15) is 4.79 Å². The van der Waals surface area contributed by atoms with Crippen LogP contribution in [0.25, 0.3) is 0 Å². The fourth-order valence-corrected chi connectivity index (χ4v) is 0.769. The molecular weight excluding hydrogens is 130 g/mol. The molecule has 0 amide bonds. The average Bonchev–Trinajstić information content (AvgIpc) is 2.13. The maximum Gasteiger partial charge on any atom is 0.415 e. The van der Waals surface area contributed by atoms with Gasteiger partial charge < -0.3 is 5.11 Å². The summed E-state index contributed by atoms with van der Waals surface area (Å²) in [6, 6.07) is 0. The minimum atomic E-state index is -0.934. The van der Waals surface area contributed by atoms with Gasteiger partial charge in [0.15, 0.2) is 0 Å². The summed E-state index contributed by atoms with van der Waals surface area (Å²) in [4.78, 5) is 10.3. The summed E-state index contributed by atoms with van der Waals surface area (Å²) < 4.78 is 1.16. The number of rotatable bonds is 0. The third-order valence-electron chi connectivity index (χ3n) is 1.51. The van der Waals surface area contributed by atoms with E-state index in [1.54, 1.807) is 12.4 Å². The Hall–Kier alpha value is -1.25. The minimum absolute atomic E-state index is 0.934. The van der Waals surface area contributed by atoms with E-state index < -0.39 is 6.09 Å². The number of aromatic nitrogens is 1. The maximum absolute atomic E-state index is 10.3. The number of hydrogen-bond acceptors (Lipinski definition) is 1. The van der Waals surface area contributed by atoms with E-state index in [-0.39, 0.29) is 0 Å². The van der Waals surface area contributed by atoms with Crippen LogP contribution in [0.15, 0.2) is 12.4 Å². The molecule has 3 nitrogen and oxygen atoms in total. The lowest BCUT2D eigenvalue weighted by molar-refractivity contribution is 0.196. The molecular formula is C7H9NO2. The van der Waals surface area contributed by atoms with Gasteiger partial charge in [-0.25, -0.2) is 4.79 Å². The fraction of sp³-hybridized carbons (Fsp3) is 0.286. The topological polar surface area (TPSA) is 42.2 Å². The number of hydrogen-bond donors (Lipinski definition) is 1. The molecule has 0 aliphatic carbocycles. The molecule has 10 heavy (non-hydrogen) atoms. The van der Waals surface area contributed by atoms with Crippen LogP contribution in [-0.4, -0.2) is 15.8 Å². The lowest BCUT2D eigenvalue weighted by Crippen LogP contribution is -2.03. The van der Waals surface area contributed by atoms with Crippen LogP contribution in [-0.2, 0) is 0 Å². The molecule has 1 N–H and O–H groups in total. The summed E-state index contributed by atoms with van der Waals surface area (Å²) >= 11 is 0. The van der Waals surface area contributed by atoms with Crippen molar-refractivity contribution in [2.75, 3.05) is 0 Å². The second-order valence-corrected chi connectivity index (χ2v) is 2.31. The summed E-state index contributed by atoms with van der Waals surface area (Å²) in [7, 11) is 0. The zero-order valence-corrected chi connectivity index (χ0v) is 5.96. The Morgan fingerprint density at radius 2 is 1.80 bits per heavy atom. The van der Waals surface area contributed by atoms with Crippen molar-refractivity contribution < 1.29 is 9.90 Å². The second-order valence-electron chi connectivity index (χ2n) is 2.31. The van der Waals surface area contributed by atoms with E-state index in [2.05, 4.69) is 0 Å². The van der Waals surface area contributed by atoms with Gasteiger partial charge in [-0.1, -0.05) is 0 Å². The standard InChI is InChI=1S/C7H9NO2/c1-5-3-8(7(9)10)4-6(5)2/h3-4H,1-2H3,(H,9,10). The Kier molecular flexibility index (Phi) is 1.49. The van der Waals surface area contributed by atoms with Crippen molar-refractivity contribution in [3.63, 3.8) is 0 Å². The molecule has 0 aliphatic heterocycles. The molecule has 0 unspecified atom stereocenters. The first-order chi connectivity index (χ1) is 4.61. The molecule has 0 atom stereocenters. The Balaban J connectivity index is 3.10. The van der Waals surface area contributed by atoms with Gasteiger partial charge in [-0.05, 0) is 25.0 Å². The van der Waals surface area contributed by atoms with Crippen LogP contribution < -0.4 is 0 Å². The highest BCUT2D eigenvalue weighted by Crippen LogP contribution is 2.06. The van der Waals surface area contributed by atoms with Crippen molar-refractivity contribution in [1.29, 1.82) is 0 Å². The van der Waals surface area contributed by atoms with Crippen molar-refractivity contribution in [2.45, 2.75) is 13.8 Å². The molecule has 0 aromatic carbocycles. The van der Waals surface area contributed by atoms with E-state index >= 15 is 0 Å². The van der Waals surface area contributed by atoms with E-state index in [0.29, 0.717) is 0 Å². The van der Waals surface area contributed by atoms with Gasteiger partial charge in [0.2, 0.25) is 0 Å². The summed E-state index contributed by atoms with van der Waals surface area (Å²) in [6.07, 6.45) is 2.26. The monoisotopic (exact) mass is 139 g/mol. The first-order valence-corrected chi connectivity index (χ1v) is 3.00. The normalized spacial score (nSPS) is 9.80.